The molecule has 1 aromatic carbocycles. The minimum absolute atomic E-state index is 0.0232. The van der Waals surface area contributed by atoms with Crippen LogP contribution < -0.4 is 10.4 Å². The molecule has 0 spiro atoms. The average Bonchev–Trinajstić information content (AvgIpc) is 3.44. The predicted octanol–water partition coefficient (Wildman–Crippen LogP) is 3.73. The molecule has 1 atom stereocenters. The summed E-state index contributed by atoms with van der Waals surface area (Å²) >= 11 is 0. The van der Waals surface area contributed by atoms with Crippen LogP contribution in [-0.4, -0.2) is 49.8 Å². The van der Waals surface area contributed by atoms with Gasteiger partial charge < -0.3 is 14.6 Å². The fraction of sp³-hybridized carbons (Fsp3) is 0.520. The number of aliphatic hydroxyl groups is 1. The lowest BCUT2D eigenvalue weighted by molar-refractivity contribution is 0.101. The molecule has 1 saturated heterocycles. The summed E-state index contributed by atoms with van der Waals surface area (Å²) in [7, 11) is 0. The second-order valence-corrected chi connectivity index (χ2v) is 9.39. The lowest BCUT2D eigenvalue weighted by atomic mass is 10.0. The molecule has 0 saturated carbocycles. The van der Waals surface area contributed by atoms with E-state index in [4.69, 9.17) is 9.98 Å². The standard InChI is InChI=1S/C25H34N6O2/c1-15(2)21-23-22(29-28-21)24(26-13-18-9-6-7-11-20(18)17(5)33)27-25(31(23)16(3)4)30-12-8-10-19(30)14-32/h6-7,9,11,15-16,19,32H,8,10,12-14H2,1-5H3,(H,28,29). The zero-order valence-electron chi connectivity index (χ0n) is 20.2. The van der Waals surface area contributed by atoms with Crippen molar-refractivity contribution < 1.29 is 9.90 Å². The van der Waals surface area contributed by atoms with Crippen molar-refractivity contribution in [2.75, 3.05) is 18.1 Å². The quantitative estimate of drug-likeness (QED) is 0.535. The third-order valence-electron chi connectivity index (χ3n) is 6.38. The maximum Gasteiger partial charge on any atom is 0.208 e. The first-order valence-corrected chi connectivity index (χ1v) is 11.8. The van der Waals surface area contributed by atoms with Crippen molar-refractivity contribution in [1.29, 1.82) is 0 Å². The molecule has 2 N–H and O–H groups in total. The summed E-state index contributed by atoms with van der Waals surface area (Å²) < 4.78 is 2.23. The zero-order chi connectivity index (χ0) is 23.7. The second kappa shape index (κ2) is 9.47. The van der Waals surface area contributed by atoms with Crippen LogP contribution in [0.25, 0.3) is 11.0 Å². The Bertz CT molecular complexity index is 1220. The third-order valence-corrected chi connectivity index (χ3v) is 6.38. The van der Waals surface area contributed by atoms with Crippen LogP contribution in [0.4, 0.5) is 5.95 Å². The van der Waals surface area contributed by atoms with Gasteiger partial charge in [0.1, 0.15) is 0 Å². The smallest absolute Gasteiger partial charge is 0.208 e. The number of anilines is 1. The number of Topliss-reactive ketones (excluding diaryl/α,β-unsaturated/α-hetero) is 1. The normalized spacial score (nSPS) is 17.2. The Morgan fingerprint density at radius 3 is 2.70 bits per heavy atom. The summed E-state index contributed by atoms with van der Waals surface area (Å²) in [6.07, 6.45) is 1.96. The summed E-state index contributed by atoms with van der Waals surface area (Å²) in [6, 6.07) is 7.75. The maximum absolute atomic E-state index is 12.1. The van der Waals surface area contributed by atoms with Gasteiger partial charge in [-0.05, 0) is 45.1 Å². The minimum atomic E-state index is 0.0232. The summed E-state index contributed by atoms with van der Waals surface area (Å²) in [4.78, 5) is 24.1. The van der Waals surface area contributed by atoms with Crippen molar-refractivity contribution in [3.63, 3.8) is 0 Å². The van der Waals surface area contributed by atoms with Gasteiger partial charge in [0.25, 0.3) is 0 Å². The van der Waals surface area contributed by atoms with Crippen LogP contribution >= 0.6 is 0 Å². The van der Waals surface area contributed by atoms with Crippen LogP contribution in [0.1, 0.15) is 81.0 Å². The van der Waals surface area contributed by atoms with E-state index in [0.717, 1.165) is 47.6 Å². The van der Waals surface area contributed by atoms with Gasteiger partial charge in [0, 0.05) is 18.2 Å². The van der Waals surface area contributed by atoms with E-state index in [1.165, 1.54) is 0 Å². The molecular weight excluding hydrogens is 416 g/mol. The fourth-order valence-corrected chi connectivity index (χ4v) is 4.71. The number of aromatic nitrogens is 4. The highest BCUT2D eigenvalue weighted by atomic mass is 16.3. The van der Waals surface area contributed by atoms with Gasteiger partial charge in [-0.15, -0.1) is 0 Å². The number of fused-ring (bicyclic) bond motifs is 1. The third kappa shape index (κ3) is 4.31. The van der Waals surface area contributed by atoms with Crippen molar-refractivity contribution in [3.05, 3.63) is 46.6 Å². The van der Waals surface area contributed by atoms with Crippen LogP contribution in [0, 0.1) is 0 Å². The molecule has 0 amide bonds. The van der Waals surface area contributed by atoms with Crippen molar-refractivity contribution >= 4 is 22.8 Å². The Morgan fingerprint density at radius 2 is 2.03 bits per heavy atom. The van der Waals surface area contributed by atoms with E-state index in [2.05, 4.69) is 47.4 Å². The number of aliphatic hydroxyl groups excluding tert-OH is 1. The molecule has 33 heavy (non-hydrogen) atoms. The van der Waals surface area contributed by atoms with E-state index < -0.39 is 0 Å². The molecule has 176 valence electrons. The molecule has 0 radical (unpaired) electrons. The van der Waals surface area contributed by atoms with Crippen LogP contribution in [0.2, 0.25) is 0 Å². The van der Waals surface area contributed by atoms with E-state index in [0.29, 0.717) is 17.6 Å². The first-order chi connectivity index (χ1) is 15.8. The van der Waals surface area contributed by atoms with Gasteiger partial charge in [-0.1, -0.05) is 38.1 Å². The SMILES string of the molecule is CC(=O)c1ccccc1CN=c1nc(N2CCCC2CO)n(C(C)C)c2c(C(C)C)[nH]nc12. The Labute approximate surface area is 194 Å². The van der Waals surface area contributed by atoms with E-state index in [1.54, 1.807) is 6.92 Å². The lowest BCUT2D eigenvalue weighted by Gasteiger charge is -2.29. The average molecular weight is 451 g/mol. The Morgan fingerprint density at radius 1 is 1.27 bits per heavy atom. The predicted molar refractivity (Wildman–Crippen MR) is 130 cm³/mol. The molecule has 8 nitrogen and oxygen atoms in total. The van der Waals surface area contributed by atoms with Crippen LogP contribution in [0.3, 0.4) is 0 Å². The number of carbonyl (C=O) groups excluding carboxylic acids is 1. The topological polar surface area (TPSA) is 99.4 Å². The van der Waals surface area contributed by atoms with Crippen LogP contribution in [0.15, 0.2) is 29.3 Å². The maximum atomic E-state index is 12.1. The van der Waals surface area contributed by atoms with Gasteiger partial charge in [-0.25, -0.2) is 0 Å². The van der Waals surface area contributed by atoms with E-state index >= 15 is 0 Å². The molecule has 3 heterocycles. The highest BCUT2D eigenvalue weighted by Crippen LogP contribution is 2.31. The number of benzene rings is 1. The second-order valence-electron chi connectivity index (χ2n) is 9.39. The molecule has 1 aliphatic heterocycles. The molecule has 1 fully saturated rings. The molecular formula is C25H34N6O2. The fourth-order valence-electron chi connectivity index (χ4n) is 4.71. The first-order valence-electron chi connectivity index (χ1n) is 11.8. The summed E-state index contributed by atoms with van der Waals surface area (Å²) in [5.41, 5.74) is 4.89. The molecule has 1 unspecified atom stereocenters. The van der Waals surface area contributed by atoms with Crippen molar-refractivity contribution in [2.45, 2.75) is 72.0 Å². The lowest BCUT2D eigenvalue weighted by Crippen LogP contribution is -2.37. The van der Waals surface area contributed by atoms with Crippen LogP contribution in [-0.2, 0) is 6.54 Å². The van der Waals surface area contributed by atoms with E-state index in [1.807, 2.05) is 24.3 Å². The van der Waals surface area contributed by atoms with Gasteiger partial charge >= 0.3 is 0 Å². The highest BCUT2D eigenvalue weighted by Gasteiger charge is 2.30. The molecule has 2 aromatic heterocycles. The summed E-state index contributed by atoms with van der Waals surface area (Å²) in [5.74, 6) is 1.08. The number of nitrogens with one attached hydrogen (secondary N) is 1. The number of hydrogen-bond donors (Lipinski definition) is 2. The Kier molecular flexibility index (Phi) is 6.65. The van der Waals surface area contributed by atoms with Gasteiger partial charge in [0.05, 0.1) is 30.4 Å². The number of H-pyrrole nitrogens is 1. The number of aromatic amines is 1. The highest BCUT2D eigenvalue weighted by molar-refractivity contribution is 5.95. The zero-order valence-corrected chi connectivity index (χ0v) is 20.2. The number of hydrogen-bond acceptors (Lipinski definition) is 6. The molecule has 4 rings (SSSR count). The first kappa shape index (κ1) is 23.2. The molecule has 0 aliphatic carbocycles. The molecule has 1 aliphatic rings. The van der Waals surface area contributed by atoms with Crippen molar-refractivity contribution in [3.8, 4) is 0 Å². The number of ketones is 1. The van der Waals surface area contributed by atoms with Gasteiger partial charge in [-0.2, -0.15) is 10.1 Å². The number of carbonyl (C=O) groups is 1. The van der Waals surface area contributed by atoms with Gasteiger partial charge in [0.2, 0.25) is 5.95 Å². The summed E-state index contributed by atoms with van der Waals surface area (Å²) in [5, 5.41) is 17.8. The Balaban J connectivity index is 1.96. The van der Waals surface area contributed by atoms with Crippen LogP contribution in [0.5, 0.6) is 0 Å². The molecule has 0 bridgehead atoms. The van der Waals surface area contributed by atoms with Crippen molar-refractivity contribution in [1.82, 2.24) is 19.7 Å². The molecule has 8 heteroatoms. The van der Waals surface area contributed by atoms with E-state index in [-0.39, 0.29) is 30.4 Å². The van der Waals surface area contributed by atoms with Gasteiger partial charge in [-0.3, -0.25) is 14.9 Å². The summed E-state index contributed by atoms with van der Waals surface area (Å²) in [6.45, 7) is 11.4. The van der Waals surface area contributed by atoms with Crippen molar-refractivity contribution in [2.24, 2.45) is 4.99 Å². The number of rotatable bonds is 7. The largest absolute Gasteiger partial charge is 0.394 e. The molecule has 3 aromatic rings. The van der Waals surface area contributed by atoms with Gasteiger partial charge in [0.15, 0.2) is 16.8 Å². The Hall–Kier alpha value is -3.00. The minimum Gasteiger partial charge on any atom is -0.394 e. The van der Waals surface area contributed by atoms with E-state index in [9.17, 15) is 9.90 Å². The monoisotopic (exact) mass is 450 g/mol. The number of nitrogens with zero attached hydrogens (tertiary/aromatic N) is 5.